The SMILES string of the molecule is CN1CCC(CN(C)c2cncc(SCc3ccccc3)n2)CC1. The Bertz CT molecular complexity index is 626. The van der Waals surface area contributed by atoms with Crippen molar-refractivity contribution < 1.29 is 0 Å². The van der Waals surface area contributed by atoms with Crippen LogP contribution in [0.5, 0.6) is 0 Å². The topological polar surface area (TPSA) is 32.3 Å². The lowest BCUT2D eigenvalue weighted by Crippen LogP contribution is -2.36. The van der Waals surface area contributed by atoms with E-state index in [1.54, 1.807) is 11.8 Å². The molecule has 1 fully saturated rings. The highest BCUT2D eigenvalue weighted by Crippen LogP contribution is 2.23. The Morgan fingerprint density at radius 1 is 1.17 bits per heavy atom. The van der Waals surface area contributed by atoms with Crippen LogP contribution in [0.3, 0.4) is 0 Å². The van der Waals surface area contributed by atoms with Crippen LogP contribution in [0.15, 0.2) is 47.8 Å². The lowest BCUT2D eigenvalue weighted by molar-refractivity contribution is 0.222. The van der Waals surface area contributed by atoms with Crippen LogP contribution in [0.1, 0.15) is 18.4 Å². The molecule has 0 atom stereocenters. The van der Waals surface area contributed by atoms with Crippen molar-refractivity contribution in [2.24, 2.45) is 5.92 Å². The molecule has 1 aliphatic rings. The lowest BCUT2D eigenvalue weighted by Gasteiger charge is -2.32. The van der Waals surface area contributed by atoms with Crippen LogP contribution in [-0.2, 0) is 5.75 Å². The number of thioether (sulfide) groups is 1. The number of benzene rings is 1. The molecule has 4 nitrogen and oxygen atoms in total. The quantitative estimate of drug-likeness (QED) is 0.750. The number of anilines is 1. The van der Waals surface area contributed by atoms with Crippen molar-refractivity contribution in [2.75, 3.05) is 38.6 Å². The molecule has 0 radical (unpaired) electrons. The van der Waals surface area contributed by atoms with E-state index in [1.807, 2.05) is 18.5 Å². The van der Waals surface area contributed by atoms with E-state index in [1.165, 1.54) is 31.5 Å². The molecule has 128 valence electrons. The summed E-state index contributed by atoms with van der Waals surface area (Å²) in [6.07, 6.45) is 6.29. The minimum Gasteiger partial charge on any atom is -0.358 e. The first-order valence-corrected chi connectivity index (χ1v) is 9.58. The van der Waals surface area contributed by atoms with Gasteiger partial charge >= 0.3 is 0 Å². The zero-order chi connectivity index (χ0) is 16.8. The van der Waals surface area contributed by atoms with E-state index in [2.05, 4.69) is 53.1 Å². The average Bonchev–Trinajstić information content (AvgIpc) is 2.63. The molecule has 0 aliphatic carbocycles. The maximum Gasteiger partial charge on any atom is 0.148 e. The van der Waals surface area contributed by atoms with E-state index >= 15 is 0 Å². The number of hydrogen-bond donors (Lipinski definition) is 0. The zero-order valence-electron chi connectivity index (χ0n) is 14.6. The number of aromatic nitrogens is 2. The van der Waals surface area contributed by atoms with Crippen molar-refractivity contribution in [3.05, 3.63) is 48.3 Å². The second-order valence-corrected chi connectivity index (χ2v) is 7.61. The number of likely N-dealkylation sites (tertiary alicyclic amines) is 1. The predicted octanol–water partition coefficient (Wildman–Crippen LogP) is 3.55. The van der Waals surface area contributed by atoms with Gasteiger partial charge in [0.1, 0.15) is 10.8 Å². The van der Waals surface area contributed by atoms with E-state index in [0.29, 0.717) is 0 Å². The Morgan fingerprint density at radius 3 is 2.67 bits per heavy atom. The highest BCUT2D eigenvalue weighted by Gasteiger charge is 2.19. The van der Waals surface area contributed by atoms with Crippen LogP contribution in [0.4, 0.5) is 5.82 Å². The third-order valence-corrected chi connectivity index (χ3v) is 5.56. The summed E-state index contributed by atoms with van der Waals surface area (Å²) < 4.78 is 0. The second-order valence-electron chi connectivity index (χ2n) is 6.62. The highest BCUT2D eigenvalue weighted by molar-refractivity contribution is 7.98. The Kier molecular flexibility index (Phi) is 6.10. The molecule has 0 amide bonds. The summed E-state index contributed by atoms with van der Waals surface area (Å²) in [4.78, 5) is 13.8. The van der Waals surface area contributed by atoms with Gasteiger partial charge in [0.25, 0.3) is 0 Å². The van der Waals surface area contributed by atoms with E-state index in [-0.39, 0.29) is 0 Å². The Morgan fingerprint density at radius 2 is 1.92 bits per heavy atom. The van der Waals surface area contributed by atoms with Gasteiger partial charge in [-0.15, -0.1) is 11.8 Å². The van der Waals surface area contributed by atoms with Crippen molar-refractivity contribution in [1.82, 2.24) is 14.9 Å². The Hall–Kier alpha value is -1.59. The Labute approximate surface area is 149 Å². The van der Waals surface area contributed by atoms with Crippen LogP contribution in [0.25, 0.3) is 0 Å². The first-order chi connectivity index (χ1) is 11.7. The fourth-order valence-electron chi connectivity index (χ4n) is 3.05. The Balaban J connectivity index is 1.56. The minimum absolute atomic E-state index is 0.758. The summed E-state index contributed by atoms with van der Waals surface area (Å²) >= 11 is 1.74. The van der Waals surface area contributed by atoms with E-state index in [4.69, 9.17) is 4.98 Å². The van der Waals surface area contributed by atoms with Gasteiger partial charge in [-0.3, -0.25) is 4.98 Å². The molecular formula is C19H26N4S. The molecule has 0 unspecified atom stereocenters. The molecular weight excluding hydrogens is 316 g/mol. The first kappa shape index (κ1) is 17.2. The molecule has 0 spiro atoms. The van der Waals surface area contributed by atoms with Gasteiger partial charge in [0, 0.05) is 19.3 Å². The number of hydrogen-bond acceptors (Lipinski definition) is 5. The van der Waals surface area contributed by atoms with Crippen molar-refractivity contribution in [3.8, 4) is 0 Å². The normalized spacial score (nSPS) is 16.2. The van der Waals surface area contributed by atoms with Gasteiger partial charge in [0.05, 0.1) is 12.4 Å². The van der Waals surface area contributed by atoms with Crippen LogP contribution in [0, 0.1) is 5.92 Å². The molecule has 1 aliphatic heterocycles. The van der Waals surface area contributed by atoms with Crippen molar-refractivity contribution in [1.29, 1.82) is 0 Å². The predicted molar refractivity (Wildman–Crippen MR) is 102 cm³/mol. The number of nitrogens with zero attached hydrogens (tertiary/aromatic N) is 4. The monoisotopic (exact) mass is 342 g/mol. The fraction of sp³-hybridized carbons (Fsp3) is 0.474. The number of piperidine rings is 1. The van der Waals surface area contributed by atoms with E-state index in [0.717, 1.165) is 29.1 Å². The van der Waals surface area contributed by atoms with Crippen molar-refractivity contribution in [3.63, 3.8) is 0 Å². The second kappa shape index (κ2) is 8.49. The molecule has 0 N–H and O–H groups in total. The molecule has 1 aromatic heterocycles. The zero-order valence-corrected chi connectivity index (χ0v) is 15.4. The molecule has 24 heavy (non-hydrogen) atoms. The van der Waals surface area contributed by atoms with Crippen LogP contribution < -0.4 is 4.90 Å². The third kappa shape index (κ3) is 4.95. The van der Waals surface area contributed by atoms with Crippen LogP contribution in [-0.4, -0.2) is 48.6 Å². The van der Waals surface area contributed by atoms with Gasteiger partial charge in [-0.1, -0.05) is 30.3 Å². The van der Waals surface area contributed by atoms with Gasteiger partial charge in [-0.2, -0.15) is 0 Å². The maximum atomic E-state index is 4.78. The average molecular weight is 343 g/mol. The third-order valence-electron chi connectivity index (χ3n) is 4.59. The summed E-state index contributed by atoms with van der Waals surface area (Å²) in [6, 6.07) is 10.5. The summed E-state index contributed by atoms with van der Waals surface area (Å²) in [5.41, 5.74) is 1.31. The largest absolute Gasteiger partial charge is 0.358 e. The number of rotatable bonds is 6. The maximum absolute atomic E-state index is 4.78. The van der Waals surface area contributed by atoms with Gasteiger partial charge in [-0.05, 0) is 44.5 Å². The van der Waals surface area contributed by atoms with E-state index < -0.39 is 0 Å². The van der Waals surface area contributed by atoms with Crippen LogP contribution in [0.2, 0.25) is 0 Å². The van der Waals surface area contributed by atoms with E-state index in [9.17, 15) is 0 Å². The molecule has 1 aromatic carbocycles. The molecule has 2 heterocycles. The first-order valence-electron chi connectivity index (χ1n) is 8.59. The standard InChI is InChI=1S/C19H26N4S/c1-22-10-8-16(9-11-22)14-23(2)18-12-20-13-19(21-18)24-15-17-6-4-3-5-7-17/h3-7,12-13,16H,8-11,14-15H2,1-2H3. The highest BCUT2D eigenvalue weighted by atomic mass is 32.2. The fourth-order valence-corrected chi connectivity index (χ4v) is 3.85. The molecule has 0 saturated carbocycles. The van der Waals surface area contributed by atoms with Gasteiger partial charge in [0.2, 0.25) is 0 Å². The molecule has 1 saturated heterocycles. The van der Waals surface area contributed by atoms with Crippen molar-refractivity contribution in [2.45, 2.75) is 23.6 Å². The summed E-state index contributed by atoms with van der Waals surface area (Å²) in [5.74, 6) is 2.66. The molecule has 2 aromatic rings. The molecule has 3 rings (SSSR count). The smallest absolute Gasteiger partial charge is 0.148 e. The van der Waals surface area contributed by atoms with Crippen LogP contribution >= 0.6 is 11.8 Å². The lowest BCUT2D eigenvalue weighted by atomic mass is 9.97. The van der Waals surface area contributed by atoms with Gasteiger partial charge in [0.15, 0.2) is 0 Å². The minimum atomic E-state index is 0.758. The van der Waals surface area contributed by atoms with Gasteiger partial charge < -0.3 is 9.80 Å². The molecule has 0 bridgehead atoms. The van der Waals surface area contributed by atoms with Crippen molar-refractivity contribution >= 4 is 17.6 Å². The summed E-state index contributed by atoms with van der Waals surface area (Å²) in [6.45, 7) is 3.48. The summed E-state index contributed by atoms with van der Waals surface area (Å²) in [5, 5.41) is 0.992. The van der Waals surface area contributed by atoms with Gasteiger partial charge in [-0.25, -0.2) is 4.98 Å². The summed E-state index contributed by atoms with van der Waals surface area (Å²) in [7, 11) is 4.34. The molecule has 5 heteroatoms.